The van der Waals surface area contributed by atoms with E-state index in [4.69, 9.17) is 4.74 Å². The topological polar surface area (TPSA) is 63.5 Å². The third kappa shape index (κ3) is 4.75. The van der Waals surface area contributed by atoms with Crippen molar-refractivity contribution in [2.24, 2.45) is 4.99 Å². The summed E-state index contributed by atoms with van der Waals surface area (Å²) in [5.41, 5.74) is 3.02. The fraction of sp³-hybridized carbons (Fsp3) is 0.444. The Balaban J connectivity index is 2.00. The summed E-state index contributed by atoms with van der Waals surface area (Å²) in [6.45, 7) is 9.12. The third-order valence-corrected chi connectivity index (χ3v) is 3.81. The van der Waals surface area contributed by atoms with Crippen molar-refractivity contribution in [1.82, 2.24) is 20.2 Å². The number of guanidine groups is 1. The highest BCUT2D eigenvalue weighted by atomic mass is 16.5. The van der Waals surface area contributed by atoms with Crippen molar-refractivity contribution in [1.29, 1.82) is 0 Å². The van der Waals surface area contributed by atoms with E-state index in [1.165, 1.54) is 0 Å². The molecule has 0 spiro atoms. The summed E-state index contributed by atoms with van der Waals surface area (Å²) >= 11 is 0. The molecule has 6 heteroatoms. The van der Waals surface area contributed by atoms with Crippen LogP contribution in [0.1, 0.15) is 23.7 Å². The maximum atomic E-state index is 5.45. The van der Waals surface area contributed by atoms with Crippen molar-refractivity contribution in [2.45, 2.75) is 33.9 Å². The summed E-state index contributed by atoms with van der Waals surface area (Å²) in [6, 6.07) is 4.05. The van der Waals surface area contributed by atoms with Crippen LogP contribution in [-0.4, -0.2) is 35.7 Å². The van der Waals surface area contributed by atoms with E-state index in [-0.39, 0.29) is 0 Å². The minimum atomic E-state index is 0.515. The number of methoxy groups -OCH3 is 1. The van der Waals surface area contributed by atoms with Gasteiger partial charge in [-0.1, -0.05) is 0 Å². The predicted octanol–water partition coefficient (Wildman–Crippen LogP) is 2.26. The minimum absolute atomic E-state index is 0.515. The van der Waals surface area contributed by atoms with Crippen LogP contribution in [0.25, 0.3) is 0 Å². The van der Waals surface area contributed by atoms with E-state index in [1.807, 2.05) is 32.2 Å². The average Bonchev–Trinajstić information content (AvgIpc) is 3.08. The normalized spacial score (nSPS) is 11.4. The van der Waals surface area contributed by atoms with Crippen LogP contribution in [0.4, 0.5) is 0 Å². The summed E-state index contributed by atoms with van der Waals surface area (Å²) < 4.78 is 7.59. The molecule has 2 aromatic heterocycles. The van der Waals surface area contributed by atoms with Gasteiger partial charge in [0.2, 0.25) is 0 Å². The van der Waals surface area contributed by atoms with Crippen LogP contribution < -0.4 is 15.4 Å². The standard InChI is InChI=1S/C18H27N5O/c1-5-19-18(20-8-11-23-9-6-7-10-23)22-13-16-15(3)17(24-4)14(2)12-21-16/h6-7,9-10,12H,5,8,11,13H2,1-4H3,(H2,19,20,22). The molecule has 0 unspecified atom stereocenters. The molecule has 0 aliphatic rings. The van der Waals surface area contributed by atoms with Crippen LogP contribution in [0.5, 0.6) is 5.75 Å². The van der Waals surface area contributed by atoms with Crippen LogP contribution in [0, 0.1) is 13.8 Å². The van der Waals surface area contributed by atoms with Gasteiger partial charge in [-0.25, -0.2) is 4.99 Å². The lowest BCUT2D eigenvalue weighted by Gasteiger charge is -2.13. The molecule has 0 radical (unpaired) electrons. The van der Waals surface area contributed by atoms with Gasteiger partial charge in [0, 0.05) is 49.4 Å². The van der Waals surface area contributed by atoms with Gasteiger partial charge in [-0.05, 0) is 32.9 Å². The molecule has 2 rings (SSSR count). The monoisotopic (exact) mass is 329 g/mol. The molecular weight excluding hydrogens is 302 g/mol. The molecule has 0 amide bonds. The molecule has 6 nitrogen and oxygen atoms in total. The van der Waals surface area contributed by atoms with Gasteiger partial charge in [0.05, 0.1) is 19.3 Å². The molecular formula is C18H27N5O. The number of rotatable bonds is 7. The van der Waals surface area contributed by atoms with Gasteiger partial charge in [0.1, 0.15) is 5.75 Å². The summed E-state index contributed by atoms with van der Waals surface area (Å²) in [6.07, 6.45) is 5.94. The Morgan fingerprint density at radius 1 is 1.25 bits per heavy atom. The molecule has 0 atom stereocenters. The van der Waals surface area contributed by atoms with Crippen LogP contribution in [0.3, 0.4) is 0 Å². The van der Waals surface area contributed by atoms with Gasteiger partial charge in [-0.3, -0.25) is 4.98 Å². The Morgan fingerprint density at radius 2 is 2.00 bits per heavy atom. The molecule has 2 N–H and O–H groups in total. The molecule has 0 aliphatic heterocycles. The van der Waals surface area contributed by atoms with Gasteiger partial charge in [-0.2, -0.15) is 0 Å². The van der Waals surface area contributed by atoms with Crippen molar-refractivity contribution in [3.8, 4) is 5.75 Å². The zero-order valence-electron chi connectivity index (χ0n) is 15.0. The number of nitrogens with one attached hydrogen (secondary N) is 2. The molecule has 0 bridgehead atoms. The SMILES string of the molecule is CCNC(=NCc1ncc(C)c(OC)c1C)NCCn1cccc1. The maximum absolute atomic E-state index is 5.45. The third-order valence-electron chi connectivity index (χ3n) is 3.81. The lowest BCUT2D eigenvalue weighted by Crippen LogP contribution is -2.38. The van der Waals surface area contributed by atoms with E-state index in [2.05, 4.69) is 44.5 Å². The van der Waals surface area contributed by atoms with Gasteiger partial charge >= 0.3 is 0 Å². The summed E-state index contributed by atoms with van der Waals surface area (Å²) in [7, 11) is 1.69. The first kappa shape index (κ1) is 17.8. The summed E-state index contributed by atoms with van der Waals surface area (Å²) in [5, 5.41) is 6.61. The smallest absolute Gasteiger partial charge is 0.191 e. The molecule has 130 valence electrons. The largest absolute Gasteiger partial charge is 0.496 e. The van der Waals surface area contributed by atoms with Crippen molar-refractivity contribution >= 4 is 5.96 Å². The quantitative estimate of drug-likeness (QED) is 0.604. The molecule has 24 heavy (non-hydrogen) atoms. The average molecular weight is 329 g/mol. The highest BCUT2D eigenvalue weighted by Gasteiger charge is 2.09. The van der Waals surface area contributed by atoms with E-state index in [0.717, 1.165) is 48.2 Å². The number of aliphatic imine (C=N–C) groups is 1. The van der Waals surface area contributed by atoms with E-state index in [1.54, 1.807) is 7.11 Å². The number of aromatic nitrogens is 2. The van der Waals surface area contributed by atoms with Crippen LogP contribution in [0.2, 0.25) is 0 Å². The van der Waals surface area contributed by atoms with Crippen molar-refractivity contribution in [2.75, 3.05) is 20.2 Å². The Labute approximate surface area is 144 Å². The molecule has 0 aliphatic carbocycles. The summed E-state index contributed by atoms with van der Waals surface area (Å²) in [5.74, 6) is 1.69. The highest BCUT2D eigenvalue weighted by molar-refractivity contribution is 5.79. The maximum Gasteiger partial charge on any atom is 0.191 e. The second-order valence-electron chi connectivity index (χ2n) is 5.59. The predicted molar refractivity (Wildman–Crippen MR) is 97.5 cm³/mol. The number of pyridine rings is 1. The number of ether oxygens (including phenoxy) is 1. The van der Waals surface area contributed by atoms with E-state index < -0.39 is 0 Å². The molecule has 0 aromatic carbocycles. The first-order valence-electron chi connectivity index (χ1n) is 8.27. The number of hydrogen-bond donors (Lipinski definition) is 2. The second-order valence-corrected chi connectivity index (χ2v) is 5.59. The van der Waals surface area contributed by atoms with E-state index in [9.17, 15) is 0 Å². The van der Waals surface area contributed by atoms with Crippen molar-refractivity contribution < 1.29 is 4.74 Å². The van der Waals surface area contributed by atoms with Crippen molar-refractivity contribution in [3.63, 3.8) is 0 Å². The number of nitrogens with zero attached hydrogens (tertiary/aromatic N) is 3. The van der Waals surface area contributed by atoms with Gasteiger partial charge < -0.3 is 19.9 Å². The van der Waals surface area contributed by atoms with E-state index in [0.29, 0.717) is 6.54 Å². The zero-order valence-corrected chi connectivity index (χ0v) is 15.0. The Kier molecular flexibility index (Phi) is 6.66. The molecule has 2 heterocycles. The lowest BCUT2D eigenvalue weighted by molar-refractivity contribution is 0.407. The van der Waals surface area contributed by atoms with Gasteiger partial charge in [0.25, 0.3) is 0 Å². The zero-order chi connectivity index (χ0) is 17.4. The Hall–Kier alpha value is -2.50. The number of hydrogen-bond acceptors (Lipinski definition) is 3. The van der Waals surface area contributed by atoms with Crippen LogP contribution >= 0.6 is 0 Å². The molecule has 2 aromatic rings. The first-order chi connectivity index (χ1) is 11.7. The first-order valence-corrected chi connectivity index (χ1v) is 8.27. The van der Waals surface area contributed by atoms with Crippen LogP contribution in [-0.2, 0) is 13.1 Å². The minimum Gasteiger partial charge on any atom is -0.496 e. The number of aryl methyl sites for hydroxylation is 1. The Morgan fingerprint density at radius 3 is 2.67 bits per heavy atom. The lowest BCUT2D eigenvalue weighted by atomic mass is 10.1. The van der Waals surface area contributed by atoms with Crippen molar-refractivity contribution in [3.05, 3.63) is 47.5 Å². The molecule has 0 saturated heterocycles. The molecule has 0 saturated carbocycles. The Bertz CT molecular complexity index is 664. The fourth-order valence-electron chi connectivity index (χ4n) is 2.55. The second kappa shape index (κ2) is 8.96. The van der Waals surface area contributed by atoms with Gasteiger partial charge in [-0.15, -0.1) is 0 Å². The highest BCUT2D eigenvalue weighted by Crippen LogP contribution is 2.24. The van der Waals surface area contributed by atoms with Gasteiger partial charge in [0.15, 0.2) is 5.96 Å². The van der Waals surface area contributed by atoms with Crippen LogP contribution in [0.15, 0.2) is 35.7 Å². The fourth-order valence-corrected chi connectivity index (χ4v) is 2.55. The van der Waals surface area contributed by atoms with E-state index >= 15 is 0 Å². The molecule has 0 fully saturated rings. The summed E-state index contributed by atoms with van der Waals surface area (Å²) in [4.78, 5) is 9.13.